The Morgan fingerprint density at radius 2 is 1.91 bits per heavy atom. The number of hydrogen-bond acceptors (Lipinski definition) is 5. The summed E-state index contributed by atoms with van der Waals surface area (Å²) in [5, 5.41) is 0. The van der Waals surface area contributed by atoms with E-state index in [1.54, 1.807) is 7.11 Å². The van der Waals surface area contributed by atoms with E-state index in [0.29, 0.717) is 26.2 Å². The second kappa shape index (κ2) is 7.97. The van der Waals surface area contributed by atoms with Gasteiger partial charge in [0.2, 0.25) is 0 Å². The molecule has 7 heteroatoms. The molecule has 3 heterocycles. The lowest BCUT2D eigenvalue weighted by molar-refractivity contribution is -0.123. The van der Waals surface area contributed by atoms with Crippen molar-refractivity contribution in [3.05, 3.63) is 53.6 Å². The monoisotopic (exact) mass is 449 g/mol. The number of carbonyl (C=O) groups is 2. The van der Waals surface area contributed by atoms with Crippen molar-refractivity contribution in [2.75, 3.05) is 36.6 Å². The standard InChI is InChI=1S/C26H31N3O4/c1-5-33-25(31)27-14-13-21-20(16-27)19-7-6-8-22-23(19)29(21)26(2,3)24(30)28(22)15-17-9-11-18(32-4)12-10-17/h6-12,20-21H,5,13-16H2,1-4H3/t20-,21+/m1/s1. The topological polar surface area (TPSA) is 62.3 Å². The molecular weight excluding hydrogens is 418 g/mol. The molecule has 5 rings (SSSR count). The number of nitrogens with zero attached hydrogens (tertiary/aromatic N) is 3. The Morgan fingerprint density at radius 3 is 2.61 bits per heavy atom. The molecule has 1 fully saturated rings. The summed E-state index contributed by atoms with van der Waals surface area (Å²) >= 11 is 0. The third kappa shape index (κ3) is 3.33. The number of benzene rings is 2. The van der Waals surface area contributed by atoms with E-state index in [9.17, 15) is 9.59 Å². The van der Waals surface area contributed by atoms with Gasteiger partial charge in [0.25, 0.3) is 5.91 Å². The van der Waals surface area contributed by atoms with Crippen LogP contribution in [0, 0.1) is 0 Å². The first-order valence-corrected chi connectivity index (χ1v) is 11.7. The molecule has 3 aliphatic heterocycles. The van der Waals surface area contributed by atoms with E-state index in [0.717, 1.165) is 29.1 Å². The molecule has 3 aliphatic rings. The Morgan fingerprint density at radius 1 is 1.15 bits per heavy atom. The second-order valence-electron chi connectivity index (χ2n) is 9.49. The maximum atomic E-state index is 13.8. The highest BCUT2D eigenvalue weighted by molar-refractivity contribution is 6.09. The summed E-state index contributed by atoms with van der Waals surface area (Å²) < 4.78 is 10.5. The number of carbonyl (C=O) groups excluding carboxylic acids is 2. The summed E-state index contributed by atoms with van der Waals surface area (Å²) in [5.41, 5.74) is 3.67. The zero-order valence-corrected chi connectivity index (χ0v) is 19.7. The zero-order valence-electron chi connectivity index (χ0n) is 19.7. The number of methoxy groups -OCH3 is 1. The molecular formula is C26H31N3O4. The fraction of sp³-hybridized carbons (Fsp3) is 0.462. The van der Waals surface area contributed by atoms with Gasteiger partial charge in [-0.1, -0.05) is 24.3 Å². The maximum Gasteiger partial charge on any atom is 0.409 e. The molecule has 0 spiro atoms. The minimum absolute atomic E-state index is 0.0939. The predicted octanol–water partition coefficient (Wildman–Crippen LogP) is 4.16. The van der Waals surface area contributed by atoms with Crippen molar-refractivity contribution in [1.82, 2.24) is 4.90 Å². The van der Waals surface area contributed by atoms with Gasteiger partial charge in [-0.25, -0.2) is 4.79 Å². The summed E-state index contributed by atoms with van der Waals surface area (Å²) in [6.07, 6.45) is 0.561. The van der Waals surface area contributed by atoms with Crippen LogP contribution in [0.1, 0.15) is 44.2 Å². The van der Waals surface area contributed by atoms with E-state index in [4.69, 9.17) is 9.47 Å². The minimum atomic E-state index is -0.679. The first-order chi connectivity index (χ1) is 15.9. The Balaban J connectivity index is 1.53. The SMILES string of the molecule is CCOC(=O)N1CC[C@H]2[C@H](C1)c1cccc3c1N2C(C)(C)C(=O)N3Cc1ccc(OC)cc1. The molecule has 174 valence electrons. The first kappa shape index (κ1) is 21.6. The molecule has 2 aromatic carbocycles. The van der Waals surface area contributed by atoms with Crippen LogP contribution >= 0.6 is 0 Å². The number of piperidine rings is 1. The average Bonchev–Trinajstić information content (AvgIpc) is 3.17. The molecule has 0 N–H and O–H groups in total. The summed E-state index contributed by atoms with van der Waals surface area (Å²) in [6, 6.07) is 14.3. The Hall–Kier alpha value is -3.22. The van der Waals surface area contributed by atoms with Crippen LogP contribution in [0.4, 0.5) is 16.2 Å². The molecule has 33 heavy (non-hydrogen) atoms. The summed E-state index contributed by atoms with van der Waals surface area (Å²) in [5.74, 6) is 1.05. The van der Waals surface area contributed by atoms with E-state index in [-0.39, 0.29) is 24.0 Å². The van der Waals surface area contributed by atoms with Crippen molar-refractivity contribution in [1.29, 1.82) is 0 Å². The quantitative estimate of drug-likeness (QED) is 0.702. The minimum Gasteiger partial charge on any atom is -0.497 e. The number of likely N-dealkylation sites (tertiary alicyclic amines) is 1. The van der Waals surface area contributed by atoms with Crippen molar-refractivity contribution in [2.45, 2.75) is 51.2 Å². The molecule has 1 saturated heterocycles. The number of ether oxygens (including phenoxy) is 2. The molecule has 2 atom stereocenters. The lowest BCUT2D eigenvalue weighted by Crippen LogP contribution is -2.63. The van der Waals surface area contributed by atoms with Crippen molar-refractivity contribution >= 4 is 23.4 Å². The van der Waals surface area contributed by atoms with Gasteiger partial charge in [-0.15, -0.1) is 0 Å². The zero-order chi connectivity index (χ0) is 23.3. The third-order valence-electron chi connectivity index (χ3n) is 7.28. The second-order valence-corrected chi connectivity index (χ2v) is 9.49. The number of fused-ring (bicyclic) bond motifs is 3. The highest BCUT2D eigenvalue weighted by Crippen LogP contribution is 2.55. The number of hydrogen-bond donors (Lipinski definition) is 0. The highest BCUT2D eigenvalue weighted by atomic mass is 16.6. The van der Waals surface area contributed by atoms with Gasteiger partial charge in [0.15, 0.2) is 0 Å². The van der Waals surface area contributed by atoms with Gasteiger partial charge in [0.1, 0.15) is 11.3 Å². The van der Waals surface area contributed by atoms with E-state index in [1.807, 2.05) is 67.0 Å². The largest absolute Gasteiger partial charge is 0.497 e. The van der Waals surface area contributed by atoms with Crippen LogP contribution in [0.3, 0.4) is 0 Å². The molecule has 0 bridgehead atoms. The smallest absolute Gasteiger partial charge is 0.409 e. The van der Waals surface area contributed by atoms with Gasteiger partial charge in [0.05, 0.1) is 31.6 Å². The molecule has 0 saturated carbocycles. The van der Waals surface area contributed by atoms with Crippen molar-refractivity contribution < 1.29 is 19.1 Å². The number of anilines is 2. The highest BCUT2D eigenvalue weighted by Gasteiger charge is 2.55. The fourth-order valence-corrected chi connectivity index (χ4v) is 5.74. The van der Waals surface area contributed by atoms with Crippen LogP contribution in [0.2, 0.25) is 0 Å². The van der Waals surface area contributed by atoms with Crippen molar-refractivity contribution in [2.24, 2.45) is 0 Å². The molecule has 2 aromatic rings. The van der Waals surface area contributed by atoms with Gasteiger partial charge < -0.3 is 24.2 Å². The lowest BCUT2D eigenvalue weighted by atomic mass is 9.88. The Bertz CT molecular complexity index is 1080. The van der Waals surface area contributed by atoms with Crippen molar-refractivity contribution in [3.63, 3.8) is 0 Å². The van der Waals surface area contributed by atoms with Gasteiger partial charge in [-0.3, -0.25) is 4.79 Å². The molecule has 0 aliphatic carbocycles. The number of amides is 2. The van der Waals surface area contributed by atoms with E-state index in [1.165, 1.54) is 5.56 Å². The average molecular weight is 450 g/mol. The van der Waals surface area contributed by atoms with Crippen molar-refractivity contribution in [3.8, 4) is 5.75 Å². The van der Waals surface area contributed by atoms with Gasteiger partial charge >= 0.3 is 6.09 Å². The lowest BCUT2D eigenvalue weighted by Gasteiger charge is -2.50. The predicted molar refractivity (Wildman–Crippen MR) is 127 cm³/mol. The molecule has 0 unspecified atom stereocenters. The molecule has 2 amide bonds. The first-order valence-electron chi connectivity index (χ1n) is 11.7. The molecule has 0 radical (unpaired) electrons. The van der Waals surface area contributed by atoms with Crippen LogP contribution in [0.15, 0.2) is 42.5 Å². The number of para-hydroxylation sites is 1. The van der Waals surface area contributed by atoms with Crippen LogP contribution in [-0.4, -0.2) is 55.3 Å². The van der Waals surface area contributed by atoms with Gasteiger partial charge in [-0.2, -0.15) is 0 Å². The summed E-state index contributed by atoms with van der Waals surface area (Å²) in [4.78, 5) is 32.3. The van der Waals surface area contributed by atoms with E-state index < -0.39 is 5.54 Å². The van der Waals surface area contributed by atoms with Gasteiger partial charge in [-0.05, 0) is 56.5 Å². The van der Waals surface area contributed by atoms with Gasteiger partial charge in [0, 0.05) is 25.0 Å². The Kier molecular flexibility index (Phi) is 5.22. The maximum absolute atomic E-state index is 13.8. The normalized spacial score (nSPS) is 22.7. The summed E-state index contributed by atoms with van der Waals surface area (Å²) in [6.45, 7) is 8.00. The molecule has 0 aromatic heterocycles. The summed E-state index contributed by atoms with van der Waals surface area (Å²) in [7, 11) is 1.65. The van der Waals surface area contributed by atoms with E-state index >= 15 is 0 Å². The van der Waals surface area contributed by atoms with E-state index in [2.05, 4.69) is 11.0 Å². The van der Waals surface area contributed by atoms with Crippen LogP contribution < -0.4 is 14.5 Å². The van der Waals surface area contributed by atoms with Crippen LogP contribution in [0.5, 0.6) is 5.75 Å². The third-order valence-corrected chi connectivity index (χ3v) is 7.28. The fourth-order valence-electron chi connectivity index (χ4n) is 5.74. The van der Waals surface area contributed by atoms with Crippen LogP contribution in [-0.2, 0) is 16.1 Å². The van der Waals surface area contributed by atoms with Crippen LogP contribution in [0.25, 0.3) is 0 Å². The molecule has 7 nitrogen and oxygen atoms in total. The Labute approximate surface area is 194 Å². The number of rotatable bonds is 4.